The number of hydrogen-bond donors (Lipinski definition) is 0. The maximum absolute atomic E-state index is 5.92. The predicted octanol–water partition coefficient (Wildman–Crippen LogP) is 6.23. The summed E-state index contributed by atoms with van der Waals surface area (Å²) in [6.45, 7) is 8.50. The summed E-state index contributed by atoms with van der Waals surface area (Å²) < 4.78 is 0. The minimum Gasteiger partial charge on any atom is -0.0843 e. The van der Waals surface area contributed by atoms with Gasteiger partial charge < -0.3 is 0 Å². The lowest BCUT2D eigenvalue weighted by Crippen LogP contribution is -1.96. The Kier molecular flexibility index (Phi) is 6.66. The van der Waals surface area contributed by atoms with Gasteiger partial charge in [-0.2, -0.15) is 0 Å². The van der Waals surface area contributed by atoms with E-state index in [1.54, 1.807) is 0 Å². The van der Waals surface area contributed by atoms with Gasteiger partial charge in [-0.1, -0.05) is 75.7 Å². The van der Waals surface area contributed by atoms with Crippen LogP contribution in [-0.2, 0) is 6.42 Å². The van der Waals surface area contributed by atoms with Crippen LogP contribution in [0.25, 0.3) is 11.1 Å². The number of hydrogen-bond acceptors (Lipinski definition) is 0. The van der Waals surface area contributed by atoms with Gasteiger partial charge in [0.05, 0.1) is 0 Å². The topological polar surface area (TPSA) is 0 Å². The number of halogens is 1. The Labute approximate surface area is 122 Å². The Morgan fingerprint density at radius 1 is 0.895 bits per heavy atom. The van der Waals surface area contributed by atoms with Crippen molar-refractivity contribution in [2.45, 2.75) is 34.1 Å². The summed E-state index contributed by atoms with van der Waals surface area (Å²) in [5.74, 6) is 0.670. The molecule has 0 N–H and O–H groups in total. The van der Waals surface area contributed by atoms with Crippen LogP contribution in [-0.4, -0.2) is 0 Å². The smallest absolute Gasteiger partial charge is 0.0406 e. The molecule has 0 amide bonds. The highest BCUT2D eigenvalue weighted by molar-refractivity contribution is 6.30. The van der Waals surface area contributed by atoms with E-state index < -0.39 is 0 Å². The molecule has 0 radical (unpaired) electrons. The molecule has 2 aromatic carbocycles. The van der Waals surface area contributed by atoms with Crippen molar-refractivity contribution in [2.24, 2.45) is 5.92 Å². The van der Waals surface area contributed by atoms with Gasteiger partial charge >= 0.3 is 0 Å². The van der Waals surface area contributed by atoms with E-state index >= 15 is 0 Å². The lowest BCUT2D eigenvalue weighted by atomic mass is 9.94. The number of benzene rings is 2. The van der Waals surface area contributed by atoms with Crippen molar-refractivity contribution in [1.29, 1.82) is 0 Å². The van der Waals surface area contributed by atoms with Gasteiger partial charge in [-0.25, -0.2) is 0 Å². The molecule has 19 heavy (non-hydrogen) atoms. The van der Waals surface area contributed by atoms with Crippen LogP contribution in [0.4, 0.5) is 0 Å². The van der Waals surface area contributed by atoms with Gasteiger partial charge in [0, 0.05) is 5.02 Å². The molecule has 2 aromatic rings. The summed E-state index contributed by atoms with van der Waals surface area (Å²) in [4.78, 5) is 0. The fraction of sp³-hybridized carbons (Fsp3) is 0.333. The fourth-order valence-electron chi connectivity index (χ4n) is 2.05. The van der Waals surface area contributed by atoms with Crippen LogP contribution in [0.2, 0.25) is 5.02 Å². The molecular formula is C18H23Cl. The quantitative estimate of drug-likeness (QED) is 0.622. The summed E-state index contributed by atoms with van der Waals surface area (Å²) in [5.41, 5.74) is 3.97. The average molecular weight is 275 g/mol. The van der Waals surface area contributed by atoms with Crippen molar-refractivity contribution in [3.63, 3.8) is 0 Å². The van der Waals surface area contributed by atoms with Crippen molar-refractivity contribution in [2.75, 3.05) is 0 Å². The maximum Gasteiger partial charge on any atom is 0.0406 e. The van der Waals surface area contributed by atoms with Crippen LogP contribution < -0.4 is 0 Å². The molecule has 2 rings (SSSR count). The van der Waals surface area contributed by atoms with Crippen molar-refractivity contribution < 1.29 is 0 Å². The molecule has 0 bridgehead atoms. The molecule has 0 saturated heterocycles. The van der Waals surface area contributed by atoms with Gasteiger partial charge in [0.25, 0.3) is 0 Å². The zero-order chi connectivity index (χ0) is 14.3. The lowest BCUT2D eigenvalue weighted by molar-refractivity contribution is 0.648. The van der Waals surface area contributed by atoms with Crippen LogP contribution in [0.1, 0.15) is 33.3 Å². The van der Waals surface area contributed by atoms with Gasteiger partial charge in [0.1, 0.15) is 0 Å². The highest BCUT2D eigenvalue weighted by atomic mass is 35.5. The molecule has 0 unspecified atom stereocenters. The van der Waals surface area contributed by atoms with E-state index in [-0.39, 0.29) is 0 Å². The Hall–Kier alpha value is -1.27. The van der Waals surface area contributed by atoms with Crippen LogP contribution >= 0.6 is 11.6 Å². The molecule has 0 aliphatic heterocycles. The van der Waals surface area contributed by atoms with Crippen molar-refractivity contribution in [3.8, 4) is 11.1 Å². The summed E-state index contributed by atoms with van der Waals surface area (Å²) in [7, 11) is 0. The second-order valence-corrected chi connectivity index (χ2v) is 5.20. The molecule has 0 aliphatic rings. The highest BCUT2D eigenvalue weighted by Gasteiger charge is 2.06. The Morgan fingerprint density at radius 3 is 2.05 bits per heavy atom. The minimum atomic E-state index is 0.670. The van der Waals surface area contributed by atoms with Gasteiger partial charge in [0.2, 0.25) is 0 Å². The molecule has 1 heteroatoms. The summed E-state index contributed by atoms with van der Waals surface area (Å²) >= 11 is 5.92. The first-order chi connectivity index (χ1) is 9.16. The first-order valence-electron chi connectivity index (χ1n) is 7.00. The summed E-state index contributed by atoms with van der Waals surface area (Å²) in [6.07, 6.45) is 1.11. The fourth-order valence-corrected chi connectivity index (χ4v) is 2.18. The van der Waals surface area contributed by atoms with Gasteiger partial charge in [0.15, 0.2) is 0 Å². The van der Waals surface area contributed by atoms with Crippen LogP contribution in [0.15, 0.2) is 48.5 Å². The highest BCUT2D eigenvalue weighted by Crippen LogP contribution is 2.26. The van der Waals surface area contributed by atoms with E-state index in [1.165, 1.54) is 16.7 Å². The van der Waals surface area contributed by atoms with Crippen molar-refractivity contribution >= 4 is 11.6 Å². The molecule has 0 spiro atoms. The molecule has 0 aliphatic carbocycles. The van der Waals surface area contributed by atoms with E-state index in [0.29, 0.717) is 5.92 Å². The van der Waals surface area contributed by atoms with Gasteiger partial charge in [-0.3, -0.25) is 0 Å². The summed E-state index contributed by atoms with van der Waals surface area (Å²) in [5, 5.41) is 0.787. The van der Waals surface area contributed by atoms with E-state index in [9.17, 15) is 0 Å². The molecule has 0 fully saturated rings. The third-order valence-corrected chi connectivity index (χ3v) is 3.05. The van der Waals surface area contributed by atoms with Crippen LogP contribution in [0.5, 0.6) is 0 Å². The second kappa shape index (κ2) is 8.01. The molecule has 102 valence electrons. The minimum absolute atomic E-state index is 0.670. The molecule has 0 saturated carbocycles. The second-order valence-electron chi connectivity index (χ2n) is 4.76. The van der Waals surface area contributed by atoms with E-state index in [4.69, 9.17) is 11.6 Å². The number of rotatable bonds is 3. The van der Waals surface area contributed by atoms with Gasteiger partial charge in [-0.15, -0.1) is 0 Å². The van der Waals surface area contributed by atoms with Crippen molar-refractivity contribution in [3.05, 3.63) is 59.1 Å². The molecule has 0 atom stereocenters. The summed E-state index contributed by atoms with van der Waals surface area (Å²) in [6, 6.07) is 16.7. The molecular weight excluding hydrogens is 252 g/mol. The maximum atomic E-state index is 5.92. The first kappa shape index (κ1) is 15.8. The van der Waals surface area contributed by atoms with Crippen molar-refractivity contribution in [1.82, 2.24) is 0 Å². The zero-order valence-electron chi connectivity index (χ0n) is 12.3. The molecule has 0 aromatic heterocycles. The van der Waals surface area contributed by atoms with E-state index in [2.05, 4.69) is 50.2 Å². The Morgan fingerprint density at radius 2 is 1.47 bits per heavy atom. The zero-order valence-corrected chi connectivity index (χ0v) is 13.0. The normalized spacial score (nSPS) is 10.0. The Bertz CT molecular complexity index is 483. The molecule has 0 heterocycles. The standard InChI is InChI=1S/C16H17Cl.C2H6/c1-12(2)11-14-5-3-4-6-16(14)13-7-9-15(17)10-8-13;1-2/h3-10,12H,11H2,1-2H3;1-2H3. The Balaban J connectivity index is 0.000000861. The molecule has 0 nitrogen and oxygen atoms in total. The van der Waals surface area contributed by atoms with E-state index in [1.807, 2.05) is 26.0 Å². The third-order valence-electron chi connectivity index (χ3n) is 2.80. The lowest BCUT2D eigenvalue weighted by Gasteiger charge is -2.11. The average Bonchev–Trinajstić information content (AvgIpc) is 2.42. The SMILES string of the molecule is CC.CC(C)Cc1ccccc1-c1ccc(Cl)cc1. The predicted molar refractivity (Wildman–Crippen MR) is 86.8 cm³/mol. The van der Waals surface area contributed by atoms with E-state index in [0.717, 1.165) is 11.4 Å². The van der Waals surface area contributed by atoms with Gasteiger partial charge in [-0.05, 0) is 41.2 Å². The monoisotopic (exact) mass is 274 g/mol. The third kappa shape index (κ3) is 4.72. The van der Waals surface area contributed by atoms with Crippen LogP contribution in [0.3, 0.4) is 0 Å². The largest absolute Gasteiger partial charge is 0.0843 e. The first-order valence-corrected chi connectivity index (χ1v) is 7.38. The van der Waals surface area contributed by atoms with Crippen LogP contribution in [0, 0.1) is 5.92 Å².